The summed E-state index contributed by atoms with van der Waals surface area (Å²) in [5.41, 5.74) is 0. The van der Waals surface area contributed by atoms with E-state index in [1.165, 1.54) is 0 Å². The van der Waals surface area contributed by atoms with Crippen LogP contribution in [0.5, 0.6) is 0 Å². The number of ether oxygens (including phenoxy) is 3. The van der Waals surface area contributed by atoms with Gasteiger partial charge in [0.05, 0.1) is 24.4 Å². The molecule has 1 aliphatic heterocycles. The predicted octanol–water partition coefficient (Wildman–Crippen LogP) is 1.60. The lowest BCUT2D eigenvalue weighted by atomic mass is 9.91. The second-order valence-electron chi connectivity index (χ2n) is 6.03. The SMILES string of the molecule is CO[C@H]1C[C@H](OC2CCN(C(=O)COC(C)C)CC2)C1. The van der Waals surface area contributed by atoms with Gasteiger partial charge in [-0.3, -0.25) is 4.79 Å². The van der Waals surface area contributed by atoms with E-state index in [1.807, 2.05) is 18.7 Å². The van der Waals surface area contributed by atoms with Crippen LogP contribution in [-0.2, 0) is 19.0 Å². The maximum Gasteiger partial charge on any atom is 0.248 e. The standard InChI is InChI=1S/C15H27NO4/c1-11(2)19-10-15(17)16-6-4-12(5-7-16)20-14-8-13(9-14)18-3/h11-14H,4-10H2,1-3H3/t13-,14-. The number of piperidine rings is 1. The summed E-state index contributed by atoms with van der Waals surface area (Å²) in [6, 6.07) is 0. The Morgan fingerprint density at radius 3 is 2.35 bits per heavy atom. The van der Waals surface area contributed by atoms with Gasteiger partial charge in [-0.05, 0) is 39.5 Å². The van der Waals surface area contributed by atoms with Gasteiger partial charge in [-0.1, -0.05) is 0 Å². The summed E-state index contributed by atoms with van der Waals surface area (Å²) in [4.78, 5) is 13.8. The van der Waals surface area contributed by atoms with Crippen LogP contribution in [0.1, 0.15) is 39.5 Å². The number of hydrogen-bond donors (Lipinski definition) is 0. The number of amides is 1. The highest BCUT2D eigenvalue weighted by molar-refractivity contribution is 5.77. The normalized spacial score (nSPS) is 27.7. The molecular formula is C15H27NO4. The van der Waals surface area contributed by atoms with Gasteiger partial charge in [0.25, 0.3) is 0 Å². The zero-order valence-electron chi connectivity index (χ0n) is 12.8. The molecule has 0 unspecified atom stereocenters. The van der Waals surface area contributed by atoms with Crippen LogP contribution >= 0.6 is 0 Å². The van der Waals surface area contributed by atoms with Crippen LogP contribution in [0.2, 0.25) is 0 Å². The quantitative estimate of drug-likeness (QED) is 0.743. The molecule has 0 N–H and O–H groups in total. The Morgan fingerprint density at radius 2 is 1.80 bits per heavy atom. The topological polar surface area (TPSA) is 48.0 Å². The molecule has 1 saturated heterocycles. The maximum absolute atomic E-state index is 11.9. The first-order chi connectivity index (χ1) is 9.58. The average molecular weight is 285 g/mol. The van der Waals surface area contributed by atoms with E-state index in [9.17, 15) is 4.79 Å². The maximum atomic E-state index is 11.9. The summed E-state index contributed by atoms with van der Waals surface area (Å²) in [6.07, 6.45) is 5.03. The summed E-state index contributed by atoms with van der Waals surface area (Å²) in [5.74, 6) is 0.0974. The van der Waals surface area contributed by atoms with Gasteiger partial charge in [-0.25, -0.2) is 0 Å². The summed E-state index contributed by atoms with van der Waals surface area (Å²) in [5, 5.41) is 0. The second kappa shape index (κ2) is 7.38. The number of methoxy groups -OCH3 is 1. The smallest absolute Gasteiger partial charge is 0.248 e. The van der Waals surface area contributed by atoms with E-state index in [0.29, 0.717) is 18.3 Å². The molecule has 0 aromatic rings. The molecule has 0 radical (unpaired) electrons. The van der Waals surface area contributed by atoms with Gasteiger partial charge in [0.2, 0.25) is 5.91 Å². The van der Waals surface area contributed by atoms with Crippen molar-refractivity contribution in [1.82, 2.24) is 4.90 Å². The van der Waals surface area contributed by atoms with E-state index >= 15 is 0 Å². The van der Waals surface area contributed by atoms with Crippen LogP contribution in [0.4, 0.5) is 0 Å². The van der Waals surface area contributed by atoms with E-state index in [2.05, 4.69) is 0 Å². The summed E-state index contributed by atoms with van der Waals surface area (Å²) >= 11 is 0. The number of carbonyl (C=O) groups is 1. The van der Waals surface area contributed by atoms with Gasteiger partial charge < -0.3 is 19.1 Å². The van der Waals surface area contributed by atoms with Gasteiger partial charge in [0.15, 0.2) is 0 Å². The molecular weight excluding hydrogens is 258 g/mol. The fraction of sp³-hybridized carbons (Fsp3) is 0.933. The predicted molar refractivity (Wildman–Crippen MR) is 75.6 cm³/mol. The molecule has 2 rings (SSSR count). The molecule has 5 heteroatoms. The van der Waals surface area contributed by atoms with Crippen molar-refractivity contribution in [1.29, 1.82) is 0 Å². The molecule has 0 bridgehead atoms. The number of likely N-dealkylation sites (tertiary alicyclic amines) is 1. The van der Waals surface area contributed by atoms with Crippen molar-refractivity contribution >= 4 is 5.91 Å². The lowest BCUT2D eigenvalue weighted by molar-refractivity contribution is -0.146. The molecule has 0 aromatic heterocycles. The lowest BCUT2D eigenvalue weighted by Gasteiger charge is -2.39. The first kappa shape index (κ1) is 15.7. The molecule has 1 aliphatic carbocycles. The van der Waals surface area contributed by atoms with Gasteiger partial charge in [-0.2, -0.15) is 0 Å². The van der Waals surface area contributed by atoms with Crippen molar-refractivity contribution < 1.29 is 19.0 Å². The largest absolute Gasteiger partial charge is 0.381 e. The highest BCUT2D eigenvalue weighted by Crippen LogP contribution is 2.29. The zero-order chi connectivity index (χ0) is 14.5. The Labute approximate surface area is 121 Å². The summed E-state index contributed by atoms with van der Waals surface area (Å²) in [6.45, 7) is 5.65. The van der Waals surface area contributed by atoms with E-state index in [4.69, 9.17) is 14.2 Å². The molecule has 20 heavy (non-hydrogen) atoms. The molecule has 1 heterocycles. The van der Waals surface area contributed by atoms with Crippen LogP contribution in [0.15, 0.2) is 0 Å². The van der Waals surface area contributed by atoms with Crippen LogP contribution in [-0.4, -0.2) is 62.0 Å². The fourth-order valence-electron chi connectivity index (χ4n) is 2.66. The molecule has 0 atom stereocenters. The molecule has 1 saturated carbocycles. The monoisotopic (exact) mass is 285 g/mol. The van der Waals surface area contributed by atoms with E-state index in [1.54, 1.807) is 7.11 Å². The van der Waals surface area contributed by atoms with Crippen LogP contribution < -0.4 is 0 Å². The van der Waals surface area contributed by atoms with Gasteiger partial charge in [-0.15, -0.1) is 0 Å². The number of carbonyl (C=O) groups excluding carboxylic acids is 1. The Morgan fingerprint density at radius 1 is 1.15 bits per heavy atom. The molecule has 1 amide bonds. The van der Waals surface area contributed by atoms with Crippen molar-refractivity contribution in [2.75, 3.05) is 26.8 Å². The third-order valence-corrected chi connectivity index (χ3v) is 4.10. The number of hydrogen-bond acceptors (Lipinski definition) is 4. The number of nitrogens with zero attached hydrogens (tertiary/aromatic N) is 1. The molecule has 0 aromatic carbocycles. The second-order valence-corrected chi connectivity index (χ2v) is 6.03. The molecule has 116 valence electrons. The van der Waals surface area contributed by atoms with Gasteiger partial charge in [0.1, 0.15) is 6.61 Å². The molecule has 5 nitrogen and oxygen atoms in total. The lowest BCUT2D eigenvalue weighted by Crippen LogP contribution is -2.45. The summed E-state index contributed by atoms with van der Waals surface area (Å²) in [7, 11) is 1.75. The molecule has 2 aliphatic rings. The van der Waals surface area contributed by atoms with Crippen molar-refractivity contribution in [2.45, 2.75) is 63.9 Å². The van der Waals surface area contributed by atoms with E-state index in [0.717, 1.165) is 38.8 Å². The first-order valence-corrected chi connectivity index (χ1v) is 7.66. The van der Waals surface area contributed by atoms with Crippen molar-refractivity contribution in [3.8, 4) is 0 Å². The minimum atomic E-state index is 0.0974. The average Bonchev–Trinajstić information content (AvgIpc) is 2.40. The highest BCUT2D eigenvalue weighted by atomic mass is 16.5. The van der Waals surface area contributed by atoms with E-state index in [-0.39, 0.29) is 18.6 Å². The van der Waals surface area contributed by atoms with Gasteiger partial charge >= 0.3 is 0 Å². The Bertz CT molecular complexity index is 307. The third-order valence-electron chi connectivity index (χ3n) is 4.10. The van der Waals surface area contributed by atoms with Crippen LogP contribution in [0.3, 0.4) is 0 Å². The molecule has 2 fully saturated rings. The minimum Gasteiger partial charge on any atom is -0.381 e. The highest BCUT2D eigenvalue weighted by Gasteiger charge is 2.33. The fourth-order valence-corrected chi connectivity index (χ4v) is 2.66. The third kappa shape index (κ3) is 4.43. The summed E-state index contributed by atoms with van der Waals surface area (Å²) < 4.78 is 16.7. The zero-order valence-corrected chi connectivity index (χ0v) is 12.8. The first-order valence-electron chi connectivity index (χ1n) is 7.66. The Hall–Kier alpha value is -0.650. The van der Waals surface area contributed by atoms with Gasteiger partial charge in [0, 0.05) is 20.2 Å². The van der Waals surface area contributed by atoms with Crippen LogP contribution in [0.25, 0.3) is 0 Å². The van der Waals surface area contributed by atoms with Crippen LogP contribution in [0, 0.1) is 0 Å². The van der Waals surface area contributed by atoms with Crippen molar-refractivity contribution in [3.05, 3.63) is 0 Å². The van der Waals surface area contributed by atoms with E-state index < -0.39 is 0 Å². The number of rotatable bonds is 6. The Kier molecular flexibility index (Phi) is 5.81. The molecule has 0 spiro atoms. The minimum absolute atomic E-state index is 0.0974. The Balaban J connectivity index is 1.61. The van der Waals surface area contributed by atoms with Crippen molar-refractivity contribution in [2.24, 2.45) is 0 Å². The van der Waals surface area contributed by atoms with Crippen molar-refractivity contribution in [3.63, 3.8) is 0 Å².